The van der Waals surface area contributed by atoms with Gasteiger partial charge in [0.2, 0.25) is 0 Å². The molecule has 9 nitrogen and oxygen atoms in total. The minimum Gasteiger partial charge on any atom is -0.478 e. The molecule has 1 aromatic rings. The van der Waals surface area contributed by atoms with E-state index in [1.54, 1.807) is 24.3 Å². The van der Waals surface area contributed by atoms with E-state index in [-0.39, 0.29) is 6.42 Å². The Morgan fingerprint density at radius 2 is 2.04 bits per heavy atom. The van der Waals surface area contributed by atoms with Crippen LogP contribution in [0.3, 0.4) is 0 Å². The zero-order valence-corrected chi connectivity index (χ0v) is 13.7. The van der Waals surface area contributed by atoms with Crippen LogP contribution in [0.25, 0.3) is 0 Å². The molecule has 134 valence electrons. The van der Waals surface area contributed by atoms with E-state index >= 15 is 0 Å². The number of esters is 1. The fourth-order valence-corrected chi connectivity index (χ4v) is 2.03. The predicted molar refractivity (Wildman–Crippen MR) is 86.9 cm³/mol. The quantitative estimate of drug-likeness (QED) is 0.645. The van der Waals surface area contributed by atoms with Gasteiger partial charge in [0.15, 0.2) is 12.7 Å². The minimum atomic E-state index is -1.04. The van der Waals surface area contributed by atoms with Crippen LogP contribution in [-0.2, 0) is 19.1 Å². The molecule has 0 radical (unpaired) electrons. The van der Waals surface area contributed by atoms with Gasteiger partial charge in [-0.15, -0.1) is 0 Å². The van der Waals surface area contributed by atoms with Gasteiger partial charge < -0.3 is 20.1 Å². The largest absolute Gasteiger partial charge is 0.478 e. The number of carbonyl (C=O) groups excluding carboxylic acids is 4. The molecule has 4 amide bonds. The monoisotopic (exact) mass is 349 g/mol. The van der Waals surface area contributed by atoms with Crippen LogP contribution in [0.15, 0.2) is 24.3 Å². The fourth-order valence-electron chi connectivity index (χ4n) is 2.03. The Morgan fingerprint density at radius 3 is 2.80 bits per heavy atom. The highest BCUT2D eigenvalue weighted by Crippen LogP contribution is 2.29. The van der Waals surface area contributed by atoms with Crippen molar-refractivity contribution in [1.29, 1.82) is 0 Å². The Balaban J connectivity index is 1.76. The molecule has 0 aromatic heterocycles. The number of fused-ring (bicyclic) bond motifs is 1. The fraction of sp³-hybridized carbons (Fsp3) is 0.375. The molecule has 9 heteroatoms. The minimum absolute atomic E-state index is 0.352. The first-order valence-corrected chi connectivity index (χ1v) is 7.79. The Labute approximate surface area is 144 Å². The predicted octanol–water partition coefficient (Wildman–Crippen LogP) is 0.555. The second-order valence-corrected chi connectivity index (χ2v) is 5.26. The van der Waals surface area contributed by atoms with Crippen LogP contribution >= 0.6 is 0 Å². The molecule has 1 heterocycles. The normalized spacial score (nSPS) is 15.2. The van der Waals surface area contributed by atoms with Gasteiger partial charge in [-0.3, -0.25) is 19.7 Å². The summed E-state index contributed by atoms with van der Waals surface area (Å²) in [6.45, 7) is 1.67. The molecular formula is C16H19N3O6. The van der Waals surface area contributed by atoms with E-state index in [4.69, 9.17) is 9.47 Å². The molecule has 3 N–H and O–H groups in total. The third kappa shape index (κ3) is 5.48. The van der Waals surface area contributed by atoms with Gasteiger partial charge in [-0.25, -0.2) is 4.79 Å². The van der Waals surface area contributed by atoms with Crippen molar-refractivity contribution in [3.63, 3.8) is 0 Å². The van der Waals surface area contributed by atoms with Crippen molar-refractivity contribution in [2.24, 2.45) is 0 Å². The molecule has 0 saturated carbocycles. The average Bonchev–Trinajstić information content (AvgIpc) is 2.59. The molecular weight excluding hydrogens is 330 g/mol. The van der Waals surface area contributed by atoms with Crippen molar-refractivity contribution >= 4 is 29.5 Å². The summed E-state index contributed by atoms with van der Waals surface area (Å²) in [6.07, 6.45) is -0.670. The van der Waals surface area contributed by atoms with Gasteiger partial charge in [0.25, 0.3) is 11.8 Å². The van der Waals surface area contributed by atoms with Crippen LogP contribution in [0.1, 0.15) is 19.8 Å². The van der Waals surface area contributed by atoms with Gasteiger partial charge in [-0.1, -0.05) is 19.1 Å². The number of rotatable bonds is 6. The molecule has 1 aliphatic rings. The number of nitrogens with one attached hydrogen (secondary N) is 3. The van der Waals surface area contributed by atoms with E-state index in [1.165, 1.54) is 0 Å². The summed E-state index contributed by atoms with van der Waals surface area (Å²) in [6, 6.07) is 6.16. The molecule has 1 aromatic carbocycles. The molecule has 0 spiro atoms. The van der Waals surface area contributed by atoms with E-state index in [9.17, 15) is 19.2 Å². The lowest BCUT2D eigenvalue weighted by atomic mass is 10.1. The second kappa shape index (κ2) is 8.67. The van der Waals surface area contributed by atoms with E-state index in [1.807, 2.05) is 12.2 Å². The molecule has 1 atom stereocenters. The summed E-state index contributed by atoms with van der Waals surface area (Å²) in [7, 11) is 0. The zero-order valence-electron chi connectivity index (χ0n) is 13.7. The molecule has 0 aliphatic carbocycles. The summed E-state index contributed by atoms with van der Waals surface area (Å²) < 4.78 is 10.2. The van der Waals surface area contributed by atoms with E-state index < -0.39 is 36.5 Å². The maximum atomic E-state index is 11.9. The van der Waals surface area contributed by atoms with Crippen molar-refractivity contribution in [3.05, 3.63) is 24.3 Å². The van der Waals surface area contributed by atoms with Gasteiger partial charge >= 0.3 is 12.0 Å². The molecule has 25 heavy (non-hydrogen) atoms. The van der Waals surface area contributed by atoms with Crippen molar-refractivity contribution in [2.75, 3.05) is 18.5 Å². The highest BCUT2D eigenvalue weighted by Gasteiger charge is 2.30. The molecule has 1 aliphatic heterocycles. The number of carbonyl (C=O) groups is 4. The number of hydrogen-bond donors (Lipinski definition) is 3. The van der Waals surface area contributed by atoms with E-state index in [2.05, 4.69) is 10.6 Å². The van der Waals surface area contributed by atoms with Gasteiger partial charge in [-0.05, 0) is 18.6 Å². The molecule has 0 fully saturated rings. The highest BCUT2D eigenvalue weighted by molar-refractivity contribution is 6.00. The van der Waals surface area contributed by atoms with Gasteiger partial charge in [0, 0.05) is 6.54 Å². The average molecular weight is 349 g/mol. The topological polar surface area (TPSA) is 123 Å². The maximum absolute atomic E-state index is 11.9. The van der Waals surface area contributed by atoms with Crippen molar-refractivity contribution in [3.8, 4) is 5.75 Å². The summed E-state index contributed by atoms with van der Waals surface area (Å²) in [5.41, 5.74) is 0.523. The number of imide groups is 1. The summed E-state index contributed by atoms with van der Waals surface area (Å²) in [5, 5.41) is 7.09. The maximum Gasteiger partial charge on any atom is 0.321 e. The Morgan fingerprint density at radius 1 is 1.28 bits per heavy atom. The molecule has 1 unspecified atom stereocenters. The van der Waals surface area contributed by atoms with Crippen molar-refractivity contribution in [2.45, 2.75) is 25.9 Å². The van der Waals surface area contributed by atoms with Crippen LogP contribution in [-0.4, -0.2) is 43.1 Å². The van der Waals surface area contributed by atoms with Gasteiger partial charge in [0.05, 0.1) is 12.1 Å². The van der Waals surface area contributed by atoms with Crippen LogP contribution in [0.5, 0.6) is 5.75 Å². The first-order valence-electron chi connectivity index (χ1n) is 7.79. The van der Waals surface area contributed by atoms with E-state index in [0.717, 1.165) is 6.42 Å². The molecule has 0 bridgehead atoms. The highest BCUT2D eigenvalue weighted by atomic mass is 16.5. The standard InChI is InChI=1S/C16H19N3O6/c1-2-7-17-16(23)19-13(20)9-24-14(21)8-12-15(22)18-10-5-3-4-6-11(10)25-12/h3-6,12H,2,7-9H2,1H3,(H,18,22)(H2,17,19,20,23). The van der Waals surface area contributed by atoms with Crippen LogP contribution in [0, 0.1) is 0 Å². The van der Waals surface area contributed by atoms with Crippen molar-refractivity contribution < 1.29 is 28.7 Å². The van der Waals surface area contributed by atoms with Crippen molar-refractivity contribution in [1.82, 2.24) is 10.6 Å². The summed E-state index contributed by atoms with van der Waals surface area (Å²) in [4.78, 5) is 46.4. The number of amides is 4. The SMILES string of the molecule is CCCNC(=O)NC(=O)COC(=O)CC1Oc2ccccc2NC1=O. The number of ether oxygens (including phenoxy) is 2. The van der Waals surface area contributed by atoms with Gasteiger partial charge in [0.1, 0.15) is 5.75 Å². The lowest BCUT2D eigenvalue weighted by Crippen LogP contribution is -2.42. The Kier molecular flexibility index (Phi) is 6.33. The van der Waals surface area contributed by atoms with E-state index in [0.29, 0.717) is 18.0 Å². The molecule has 0 saturated heterocycles. The number of benzene rings is 1. The summed E-state index contributed by atoms with van der Waals surface area (Å²) in [5.74, 6) is -1.57. The first kappa shape index (κ1) is 18.2. The van der Waals surface area contributed by atoms with Gasteiger partial charge in [-0.2, -0.15) is 0 Å². The third-order valence-electron chi connectivity index (χ3n) is 3.21. The lowest BCUT2D eigenvalue weighted by molar-refractivity contribution is -0.151. The smallest absolute Gasteiger partial charge is 0.321 e. The van der Waals surface area contributed by atoms with Crippen LogP contribution in [0.2, 0.25) is 0 Å². The number of para-hydroxylation sites is 2. The summed E-state index contributed by atoms with van der Waals surface area (Å²) >= 11 is 0. The first-order chi connectivity index (χ1) is 12.0. The van der Waals surface area contributed by atoms with Crippen LogP contribution in [0.4, 0.5) is 10.5 Å². The van der Waals surface area contributed by atoms with Crippen LogP contribution < -0.4 is 20.7 Å². The molecule has 2 rings (SSSR count). The lowest BCUT2D eigenvalue weighted by Gasteiger charge is -2.25. The number of urea groups is 1. The Hall–Kier alpha value is -3.10. The number of anilines is 1. The second-order valence-electron chi connectivity index (χ2n) is 5.26. The zero-order chi connectivity index (χ0) is 18.2. The Bertz CT molecular complexity index is 676. The number of hydrogen-bond acceptors (Lipinski definition) is 6. The third-order valence-corrected chi connectivity index (χ3v) is 3.21.